The molecule has 88 valence electrons. The normalized spacial score (nSPS) is 12.4. The van der Waals surface area contributed by atoms with E-state index in [1.54, 1.807) is 6.20 Å². The molecule has 0 bridgehead atoms. The zero-order valence-corrected chi connectivity index (χ0v) is 10.5. The lowest BCUT2D eigenvalue weighted by molar-refractivity contribution is 0.696. The van der Waals surface area contributed by atoms with E-state index in [1.165, 1.54) is 0 Å². The van der Waals surface area contributed by atoms with E-state index in [0.29, 0.717) is 6.42 Å². The van der Waals surface area contributed by atoms with Gasteiger partial charge in [-0.05, 0) is 42.7 Å². The molecule has 17 heavy (non-hydrogen) atoms. The molecule has 0 saturated carbocycles. The highest BCUT2D eigenvalue weighted by atomic mass is 35.5. The van der Waals surface area contributed by atoms with Crippen LogP contribution in [0.25, 0.3) is 0 Å². The number of rotatable bonds is 3. The third kappa shape index (κ3) is 3.05. The summed E-state index contributed by atoms with van der Waals surface area (Å²) in [6.07, 6.45) is 2.46. The molecule has 1 aromatic heterocycles. The van der Waals surface area contributed by atoms with Crippen molar-refractivity contribution in [2.24, 2.45) is 5.73 Å². The lowest BCUT2D eigenvalue weighted by atomic mass is 10.0. The van der Waals surface area contributed by atoms with E-state index in [4.69, 9.17) is 17.3 Å². The standard InChI is InChI=1S/C14H15ClN2/c1-10-5-6-11(12(15)8-10)9-13(16)14-4-2-3-7-17-14/h2-8,13H,9,16H2,1H3. The number of pyridine rings is 1. The van der Waals surface area contributed by atoms with Crippen molar-refractivity contribution in [1.29, 1.82) is 0 Å². The lowest BCUT2D eigenvalue weighted by Gasteiger charge is -2.12. The smallest absolute Gasteiger partial charge is 0.0574 e. The number of hydrogen-bond donors (Lipinski definition) is 1. The van der Waals surface area contributed by atoms with Gasteiger partial charge in [-0.15, -0.1) is 0 Å². The molecule has 1 atom stereocenters. The Balaban J connectivity index is 2.16. The summed E-state index contributed by atoms with van der Waals surface area (Å²) >= 11 is 6.19. The van der Waals surface area contributed by atoms with Crippen molar-refractivity contribution in [2.45, 2.75) is 19.4 Å². The Morgan fingerprint density at radius 1 is 1.29 bits per heavy atom. The largest absolute Gasteiger partial charge is 0.322 e. The van der Waals surface area contributed by atoms with Gasteiger partial charge in [0.1, 0.15) is 0 Å². The Hall–Kier alpha value is -1.38. The van der Waals surface area contributed by atoms with E-state index in [1.807, 2.05) is 43.3 Å². The number of aryl methyl sites for hydroxylation is 1. The fourth-order valence-electron chi connectivity index (χ4n) is 1.75. The summed E-state index contributed by atoms with van der Waals surface area (Å²) in [5, 5.41) is 0.774. The van der Waals surface area contributed by atoms with Gasteiger partial charge in [0.2, 0.25) is 0 Å². The quantitative estimate of drug-likeness (QED) is 0.903. The minimum Gasteiger partial charge on any atom is -0.322 e. The molecule has 0 aliphatic rings. The van der Waals surface area contributed by atoms with E-state index < -0.39 is 0 Å². The van der Waals surface area contributed by atoms with Crippen molar-refractivity contribution in [3.8, 4) is 0 Å². The van der Waals surface area contributed by atoms with Crippen LogP contribution in [0, 0.1) is 6.92 Å². The van der Waals surface area contributed by atoms with Crippen molar-refractivity contribution < 1.29 is 0 Å². The molecule has 0 aliphatic carbocycles. The maximum atomic E-state index is 6.19. The van der Waals surface area contributed by atoms with Gasteiger partial charge >= 0.3 is 0 Å². The topological polar surface area (TPSA) is 38.9 Å². The second-order valence-electron chi connectivity index (χ2n) is 4.16. The van der Waals surface area contributed by atoms with Gasteiger partial charge in [0.15, 0.2) is 0 Å². The van der Waals surface area contributed by atoms with Gasteiger partial charge in [0.05, 0.1) is 11.7 Å². The Kier molecular flexibility index (Phi) is 3.77. The van der Waals surface area contributed by atoms with Gasteiger partial charge in [-0.25, -0.2) is 0 Å². The first-order valence-corrected chi connectivity index (χ1v) is 5.96. The van der Waals surface area contributed by atoms with E-state index in [2.05, 4.69) is 4.98 Å². The summed E-state index contributed by atoms with van der Waals surface area (Å²) in [5.74, 6) is 0. The molecule has 2 nitrogen and oxygen atoms in total. The van der Waals surface area contributed by atoms with Crippen LogP contribution >= 0.6 is 11.6 Å². The molecule has 0 amide bonds. The number of hydrogen-bond acceptors (Lipinski definition) is 2. The second-order valence-corrected chi connectivity index (χ2v) is 4.57. The fraction of sp³-hybridized carbons (Fsp3) is 0.214. The second kappa shape index (κ2) is 5.30. The third-order valence-corrected chi connectivity index (χ3v) is 3.07. The van der Waals surface area contributed by atoms with E-state index in [-0.39, 0.29) is 6.04 Å². The van der Waals surface area contributed by atoms with E-state index in [9.17, 15) is 0 Å². The third-order valence-electron chi connectivity index (χ3n) is 2.72. The fourth-order valence-corrected chi connectivity index (χ4v) is 2.07. The van der Waals surface area contributed by atoms with E-state index >= 15 is 0 Å². The Labute approximate surface area is 106 Å². The molecule has 0 spiro atoms. The molecule has 2 rings (SSSR count). The zero-order chi connectivity index (χ0) is 12.3. The molecular weight excluding hydrogens is 232 g/mol. The van der Waals surface area contributed by atoms with Crippen LogP contribution in [0.1, 0.15) is 22.9 Å². The van der Waals surface area contributed by atoms with Crippen molar-refractivity contribution in [3.63, 3.8) is 0 Å². The summed E-state index contributed by atoms with van der Waals surface area (Å²) in [7, 11) is 0. The van der Waals surface area contributed by atoms with Gasteiger partial charge in [0.25, 0.3) is 0 Å². The Bertz CT molecular complexity index is 497. The SMILES string of the molecule is Cc1ccc(CC(N)c2ccccn2)c(Cl)c1. The highest BCUT2D eigenvalue weighted by Crippen LogP contribution is 2.22. The average molecular weight is 247 g/mol. The molecule has 1 heterocycles. The highest BCUT2D eigenvalue weighted by Gasteiger charge is 2.10. The number of nitrogens with zero attached hydrogens (tertiary/aromatic N) is 1. The summed E-state index contributed by atoms with van der Waals surface area (Å²) in [5.41, 5.74) is 9.23. The van der Waals surface area contributed by atoms with Gasteiger partial charge in [-0.3, -0.25) is 4.98 Å². The van der Waals surface area contributed by atoms with Crippen molar-refractivity contribution in [3.05, 3.63) is 64.4 Å². The first kappa shape index (κ1) is 12.1. The van der Waals surface area contributed by atoms with Crippen LogP contribution in [0.4, 0.5) is 0 Å². The Morgan fingerprint density at radius 2 is 2.12 bits per heavy atom. The molecule has 1 unspecified atom stereocenters. The van der Waals surface area contributed by atoms with Crippen molar-refractivity contribution >= 4 is 11.6 Å². The van der Waals surface area contributed by atoms with Crippen LogP contribution in [-0.2, 0) is 6.42 Å². The Morgan fingerprint density at radius 3 is 2.76 bits per heavy atom. The first-order valence-electron chi connectivity index (χ1n) is 5.58. The van der Waals surface area contributed by atoms with Crippen molar-refractivity contribution in [2.75, 3.05) is 0 Å². The number of nitrogens with two attached hydrogens (primary N) is 1. The van der Waals surface area contributed by atoms with Crippen LogP contribution < -0.4 is 5.73 Å². The molecular formula is C14H15ClN2. The molecule has 0 saturated heterocycles. The minimum absolute atomic E-state index is 0.114. The predicted octanol–water partition coefficient (Wildman–Crippen LogP) is 3.29. The first-order chi connectivity index (χ1) is 8.16. The van der Waals surface area contributed by atoms with Crippen LogP contribution in [0.15, 0.2) is 42.6 Å². The monoisotopic (exact) mass is 246 g/mol. The molecule has 0 aliphatic heterocycles. The molecule has 2 N–H and O–H groups in total. The average Bonchev–Trinajstić information content (AvgIpc) is 2.34. The summed E-state index contributed by atoms with van der Waals surface area (Å²) in [4.78, 5) is 4.25. The van der Waals surface area contributed by atoms with Crippen LogP contribution in [0.2, 0.25) is 5.02 Å². The lowest BCUT2D eigenvalue weighted by Crippen LogP contribution is -2.14. The summed E-state index contributed by atoms with van der Waals surface area (Å²) in [6, 6.07) is 11.7. The van der Waals surface area contributed by atoms with Gasteiger partial charge in [0, 0.05) is 11.2 Å². The molecule has 0 radical (unpaired) electrons. The minimum atomic E-state index is -0.114. The maximum Gasteiger partial charge on any atom is 0.0574 e. The number of halogens is 1. The van der Waals surface area contributed by atoms with Crippen LogP contribution in [0.5, 0.6) is 0 Å². The zero-order valence-electron chi connectivity index (χ0n) is 9.73. The predicted molar refractivity (Wildman–Crippen MR) is 71.1 cm³/mol. The highest BCUT2D eigenvalue weighted by molar-refractivity contribution is 6.31. The van der Waals surface area contributed by atoms with Gasteiger partial charge in [-0.2, -0.15) is 0 Å². The molecule has 3 heteroatoms. The van der Waals surface area contributed by atoms with Gasteiger partial charge in [-0.1, -0.05) is 29.8 Å². The molecule has 0 fully saturated rings. The van der Waals surface area contributed by atoms with Gasteiger partial charge < -0.3 is 5.73 Å². The van der Waals surface area contributed by atoms with Crippen LogP contribution in [0.3, 0.4) is 0 Å². The number of aromatic nitrogens is 1. The molecule has 2 aromatic rings. The molecule has 1 aromatic carbocycles. The van der Waals surface area contributed by atoms with Crippen LogP contribution in [-0.4, -0.2) is 4.98 Å². The summed E-state index contributed by atoms with van der Waals surface area (Å²) in [6.45, 7) is 2.02. The van der Waals surface area contributed by atoms with Crippen molar-refractivity contribution in [1.82, 2.24) is 4.98 Å². The maximum absolute atomic E-state index is 6.19. The van der Waals surface area contributed by atoms with E-state index in [0.717, 1.165) is 21.8 Å². The summed E-state index contributed by atoms with van der Waals surface area (Å²) < 4.78 is 0. The number of benzene rings is 1.